The van der Waals surface area contributed by atoms with Gasteiger partial charge in [-0.05, 0) is 25.5 Å². The van der Waals surface area contributed by atoms with Gasteiger partial charge in [-0.1, -0.05) is 0 Å². The van der Waals surface area contributed by atoms with E-state index in [2.05, 4.69) is 24.2 Å². The van der Waals surface area contributed by atoms with Gasteiger partial charge in [0.1, 0.15) is 12.2 Å². The molecule has 2 rings (SSSR count). The normalized spacial score (nSPS) is 11.8. The predicted octanol–water partition coefficient (Wildman–Crippen LogP) is 1.69. The molecule has 1 unspecified atom stereocenters. The summed E-state index contributed by atoms with van der Waals surface area (Å²) in [6, 6.07) is 2.04. The molecule has 0 radical (unpaired) electrons. The maximum Gasteiger partial charge on any atom is 0.161 e. The van der Waals surface area contributed by atoms with Crippen LogP contribution in [-0.2, 0) is 0 Å². The Hall–Kier alpha value is -1.54. The van der Waals surface area contributed by atoms with Crippen LogP contribution in [-0.4, -0.2) is 20.4 Å². The lowest BCUT2D eigenvalue weighted by molar-refractivity contribution is 1.10. The van der Waals surface area contributed by atoms with E-state index in [9.17, 15) is 0 Å². The molecule has 0 aliphatic heterocycles. The smallest absolute Gasteiger partial charge is 0.161 e. The van der Waals surface area contributed by atoms with E-state index in [1.807, 2.05) is 36.9 Å². The fourth-order valence-electron chi connectivity index (χ4n) is 1.34. The van der Waals surface area contributed by atoms with Gasteiger partial charge >= 0.3 is 0 Å². The standard InChI is InChI=1S/C11H13N4P/c1-8-5-10(16)11(13-6-8)14-9(2)15-4-3-12-7-15/h3-7H,16H2,1-2H3/b14-9+. The number of hydrogen-bond acceptors (Lipinski definition) is 3. The Balaban J connectivity index is 2.36. The van der Waals surface area contributed by atoms with Crippen molar-refractivity contribution in [2.45, 2.75) is 13.8 Å². The topological polar surface area (TPSA) is 43.1 Å². The van der Waals surface area contributed by atoms with Crippen LogP contribution >= 0.6 is 9.24 Å². The van der Waals surface area contributed by atoms with Crippen LogP contribution in [0, 0.1) is 6.92 Å². The van der Waals surface area contributed by atoms with Crippen LogP contribution in [0.15, 0.2) is 36.0 Å². The average Bonchev–Trinajstić information content (AvgIpc) is 2.75. The molecule has 2 aromatic heterocycles. The van der Waals surface area contributed by atoms with Gasteiger partial charge in [0.2, 0.25) is 0 Å². The van der Waals surface area contributed by atoms with E-state index in [0.29, 0.717) is 0 Å². The Morgan fingerprint density at radius 1 is 1.50 bits per heavy atom. The second kappa shape index (κ2) is 4.54. The van der Waals surface area contributed by atoms with E-state index >= 15 is 0 Å². The fraction of sp³-hybridized carbons (Fsp3) is 0.182. The number of hydrogen-bond donors (Lipinski definition) is 0. The Bertz CT molecular complexity index is 517. The van der Waals surface area contributed by atoms with Crippen LogP contribution in [0.3, 0.4) is 0 Å². The Morgan fingerprint density at radius 2 is 2.31 bits per heavy atom. The third kappa shape index (κ3) is 2.34. The lowest BCUT2D eigenvalue weighted by Gasteiger charge is -2.03. The number of aromatic nitrogens is 3. The van der Waals surface area contributed by atoms with Crippen molar-refractivity contribution in [1.82, 2.24) is 14.5 Å². The third-order valence-electron chi connectivity index (χ3n) is 2.18. The van der Waals surface area contributed by atoms with Crippen LogP contribution in [0.25, 0.3) is 0 Å². The van der Waals surface area contributed by atoms with Crippen molar-refractivity contribution in [2.75, 3.05) is 0 Å². The highest BCUT2D eigenvalue weighted by molar-refractivity contribution is 7.28. The zero-order chi connectivity index (χ0) is 11.5. The molecular formula is C11H13N4P. The summed E-state index contributed by atoms with van der Waals surface area (Å²) in [4.78, 5) is 12.7. The molecule has 0 N–H and O–H groups in total. The summed E-state index contributed by atoms with van der Waals surface area (Å²) in [6.45, 7) is 3.93. The molecule has 0 aliphatic carbocycles. The van der Waals surface area contributed by atoms with E-state index in [-0.39, 0.29) is 0 Å². The second-order valence-electron chi connectivity index (χ2n) is 3.55. The summed E-state index contributed by atoms with van der Waals surface area (Å²) >= 11 is 0. The van der Waals surface area contributed by atoms with Crippen LogP contribution < -0.4 is 5.30 Å². The molecule has 2 heterocycles. The van der Waals surface area contributed by atoms with Gasteiger partial charge in [0.15, 0.2) is 5.82 Å². The number of nitrogens with zero attached hydrogens (tertiary/aromatic N) is 4. The fourth-order valence-corrected chi connectivity index (χ4v) is 1.74. The van der Waals surface area contributed by atoms with Crippen molar-refractivity contribution in [3.63, 3.8) is 0 Å². The summed E-state index contributed by atoms with van der Waals surface area (Å²) in [7, 11) is 2.65. The highest BCUT2D eigenvalue weighted by atomic mass is 31.0. The monoisotopic (exact) mass is 232 g/mol. The van der Waals surface area contributed by atoms with Gasteiger partial charge in [0.05, 0.1) is 0 Å². The van der Waals surface area contributed by atoms with Gasteiger partial charge < -0.3 is 0 Å². The molecule has 0 spiro atoms. The molecule has 1 atom stereocenters. The van der Waals surface area contributed by atoms with Crippen LogP contribution in [0.2, 0.25) is 0 Å². The first-order valence-electron chi connectivity index (χ1n) is 4.92. The van der Waals surface area contributed by atoms with E-state index in [1.165, 1.54) is 0 Å². The molecule has 2 aromatic rings. The van der Waals surface area contributed by atoms with Gasteiger partial charge in [-0.15, -0.1) is 9.24 Å². The lowest BCUT2D eigenvalue weighted by atomic mass is 10.3. The van der Waals surface area contributed by atoms with Gasteiger partial charge in [-0.2, -0.15) is 0 Å². The predicted molar refractivity (Wildman–Crippen MR) is 68.7 cm³/mol. The third-order valence-corrected chi connectivity index (χ3v) is 2.60. The first kappa shape index (κ1) is 11.0. The molecule has 5 heteroatoms. The van der Waals surface area contributed by atoms with Crippen LogP contribution in [0.4, 0.5) is 5.82 Å². The number of aryl methyl sites for hydroxylation is 1. The summed E-state index contributed by atoms with van der Waals surface area (Å²) in [5, 5.41) is 1.000. The number of rotatable bonds is 1. The molecule has 82 valence electrons. The molecule has 0 amide bonds. The van der Waals surface area contributed by atoms with E-state index in [1.54, 1.807) is 12.5 Å². The molecule has 0 aromatic carbocycles. The van der Waals surface area contributed by atoms with Crippen molar-refractivity contribution in [2.24, 2.45) is 4.99 Å². The molecule has 0 saturated heterocycles. The second-order valence-corrected chi connectivity index (χ2v) is 4.18. The Kier molecular flexibility index (Phi) is 3.11. The summed E-state index contributed by atoms with van der Waals surface area (Å²) in [6.07, 6.45) is 7.11. The summed E-state index contributed by atoms with van der Waals surface area (Å²) in [5.74, 6) is 1.57. The first-order chi connectivity index (χ1) is 7.66. The minimum absolute atomic E-state index is 0.724. The number of pyridine rings is 1. The van der Waals surface area contributed by atoms with Gasteiger partial charge in [-0.3, -0.25) is 4.57 Å². The minimum atomic E-state index is 0.724. The summed E-state index contributed by atoms with van der Waals surface area (Å²) in [5.41, 5.74) is 1.13. The van der Waals surface area contributed by atoms with Crippen molar-refractivity contribution in [1.29, 1.82) is 0 Å². The van der Waals surface area contributed by atoms with Crippen LogP contribution in [0.1, 0.15) is 12.5 Å². The Morgan fingerprint density at radius 3 is 2.94 bits per heavy atom. The largest absolute Gasteiger partial charge is 0.294 e. The van der Waals surface area contributed by atoms with E-state index in [0.717, 1.165) is 22.5 Å². The average molecular weight is 232 g/mol. The highest BCUT2D eigenvalue weighted by Crippen LogP contribution is 2.10. The molecule has 0 bridgehead atoms. The van der Waals surface area contributed by atoms with Gasteiger partial charge in [0.25, 0.3) is 0 Å². The molecular weight excluding hydrogens is 219 g/mol. The molecule has 4 nitrogen and oxygen atoms in total. The molecule has 0 saturated carbocycles. The zero-order valence-electron chi connectivity index (χ0n) is 9.25. The van der Waals surface area contributed by atoms with E-state index < -0.39 is 0 Å². The summed E-state index contributed by atoms with van der Waals surface area (Å²) < 4.78 is 1.85. The number of imidazole rings is 1. The van der Waals surface area contributed by atoms with Gasteiger partial charge in [0, 0.05) is 23.9 Å². The minimum Gasteiger partial charge on any atom is -0.294 e. The highest BCUT2D eigenvalue weighted by Gasteiger charge is 2.00. The quantitative estimate of drug-likeness (QED) is 0.426. The maximum absolute atomic E-state index is 4.45. The van der Waals surface area contributed by atoms with Crippen molar-refractivity contribution in [3.8, 4) is 0 Å². The zero-order valence-corrected chi connectivity index (χ0v) is 10.4. The molecule has 0 fully saturated rings. The number of aliphatic imine (C=N–C) groups is 1. The maximum atomic E-state index is 4.45. The Labute approximate surface area is 96.7 Å². The van der Waals surface area contributed by atoms with E-state index in [4.69, 9.17) is 0 Å². The lowest BCUT2D eigenvalue weighted by Crippen LogP contribution is -2.06. The SMILES string of the molecule is C/C(=N\c1ncc(C)cc1P)n1ccnc1. The van der Waals surface area contributed by atoms with Crippen LogP contribution in [0.5, 0.6) is 0 Å². The van der Waals surface area contributed by atoms with Crippen molar-refractivity contribution >= 4 is 26.2 Å². The first-order valence-corrected chi connectivity index (χ1v) is 5.50. The molecule has 0 aliphatic rings. The van der Waals surface area contributed by atoms with Gasteiger partial charge in [-0.25, -0.2) is 15.0 Å². The van der Waals surface area contributed by atoms with Crippen molar-refractivity contribution < 1.29 is 0 Å². The molecule has 16 heavy (non-hydrogen) atoms. The van der Waals surface area contributed by atoms with Crippen molar-refractivity contribution in [3.05, 3.63) is 36.5 Å².